The van der Waals surface area contributed by atoms with E-state index in [0.717, 1.165) is 12.1 Å². The first-order chi connectivity index (χ1) is 7.68. The molecule has 2 aromatic carbocycles. The molecule has 2 aromatic rings. The third-order valence-corrected chi connectivity index (χ3v) is 3.64. The normalized spacial score (nSPS) is 12.4. The molecule has 0 amide bonds. The molecule has 1 aliphatic rings. The Morgan fingerprint density at radius 3 is 2.62 bits per heavy atom. The summed E-state index contributed by atoms with van der Waals surface area (Å²) in [6, 6.07) is 10.9. The summed E-state index contributed by atoms with van der Waals surface area (Å²) in [6.45, 7) is 4.22. The lowest BCUT2D eigenvalue weighted by molar-refractivity contribution is 1.21. The molecule has 0 atom stereocenters. The molecule has 3 rings (SSSR count). The van der Waals surface area contributed by atoms with E-state index in [2.05, 4.69) is 44.2 Å². The maximum atomic E-state index is 6.09. The molecule has 0 fully saturated rings. The van der Waals surface area contributed by atoms with Gasteiger partial charge in [-0.25, -0.2) is 0 Å². The third kappa shape index (κ3) is 1.12. The van der Waals surface area contributed by atoms with Crippen LogP contribution in [0.15, 0.2) is 30.3 Å². The van der Waals surface area contributed by atoms with Gasteiger partial charge in [-0.1, -0.05) is 24.3 Å². The zero-order valence-electron chi connectivity index (χ0n) is 9.67. The fraction of sp³-hybridized carbons (Fsp3) is 0.200. The van der Waals surface area contributed by atoms with Crippen LogP contribution in [0.5, 0.6) is 0 Å². The van der Waals surface area contributed by atoms with Crippen molar-refractivity contribution in [1.29, 1.82) is 0 Å². The quantitative estimate of drug-likeness (QED) is 0.564. The molecular formula is C15H15N. The first-order valence-electron chi connectivity index (χ1n) is 5.65. The predicted molar refractivity (Wildman–Crippen MR) is 68.6 cm³/mol. The molecule has 1 nitrogen and oxygen atoms in total. The summed E-state index contributed by atoms with van der Waals surface area (Å²) in [5, 5.41) is 0. The lowest BCUT2D eigenvalue weighted by Crippen LogP contribution is -1.97. The largest absolute Gasteiger partial charge is 0.398 e. The maximum absolute atomic E-state index is 6.09. The van der Waals surface area contributed by atoms with Gasteiger partial charge >= 0.3 is 0 Å². The minimum Gasteiger partial charge on any atom is -0.398 e. The molecule has 0 heterocycles. The van der Waals surface area contributed by atoms with Crippen molar-refractivity contribution in [2.75, 3.05) is 5.73 Å². The van der Waals surface area contributed by atoms with Crippen molar-refractivity contribution >= 4 is 5.69 Å². The molecular weight excluding hydrogens is 194 g/mol. The van der Waals surface area contributed by atoms with E-state index in [1.54, 1.807) is 0 Å². The van der Waals surface area contributed by atoms with Crippen LogP contribution in [0, 0.1) is 13.8 Å². The van der Waals surface area contributed by atoms with Gasteiger partial charge in [-0.3, -0.25) is 0 Å². The Morgan fingerprint density at radius 2 is 1.81 bits per heavy atom. The van der Waals surface area contributed by atoms with Crippen molar-refractivity contribution in [3.8, 4) is 11.1 Å². The SMILES string of the molecule is Cc1cc2c(c(C)c1N)Cc1ccccc1-2. The summed E-state index contributed by atoms with van der Waals surface area (Å²) < 4.78 is 0. The Bertz CT molecular complexity index is 582. The van der Waals surface area contributed by atoms with Crippen LogP contribution in [0.2, 0.25) is 0 Å². The van der Waals surface area contributed by atoms with Crippen molar-refractivity contribution in [2.45, 2.75) is 20.3 Å². The predicted octanol–water partition coefficient (Wildman–Crippen LogP) is 3.46. The topological polar surface area (TPSA) is 26.0 Å². The highest BCUT2D eigenvalue weighted by Gasteiger charge is 2.21. The number of fused-ring (bicyclic) bond motifs is 3. The van der Waals surface area contributed by atoms with Gasteiger partial charge in [-0.15, -0.1) is 0 Å². The number of nitrogens with two attached hydrogens (primary N) is 1. The molecule has 1 heteroatoms. The molecule has 1 aliphatic carbocycles. The van der Waals surface area contributed by atoms with Gasteiger partial charge in [0.2, 0.25) is 0 Å². The molecule has 0 saturated heterocycles. The van der Waals surface area contributed by atoms with Gasteiger partial charge in [-0.2, -0.15) is 0 Å². The van der Waals surface area contributed by atoms with E-state index in [9.17, 15) is 0 Å². The van der Waals surface area contributed by atoms with Gasteiger partial charge in [0, 0.05) is 5.69 Å². The van der Waals surface area contributed by atoms with Crippen LogP contribution in [-0.2, 0) is 6.42 Å². The van der Waals surface area contributed by atoms with Crippen LogP contribution in [0.4, 0.5) is 5.69 Å². The van der Waals surface area contributed by atoms with E-state index in [1.807, 2.05) is 0 Å². The highest BCUT2D eigenvalue weighted by Crippen LogP contribution is 2.40. The second kappa shape index (κ2) is 3.11. The minimum absolute atomic E-state index is 0.951. The smallest absolute Gasteiger partial charge is 0.0376 e. The summed E-state index contributed by atoms with van der Waals surface area (Å²) in [5.41, 5.74) is 15.1. The number of anilines is 1. The zero-order chi connectivity index (χ0) is 11.3. The fourth-order valence-electron chi connectivity index (χ4n) is 2.64. The molecule has 16 heavy (non-hydrogen) atoms. The standard InChI is InChI=1S/C15H15N/c1-9-7-14-12-6-4-3-5-11(12)8-13(14)10(2)15(9)16/h3-7H,8,16H2,1-2H3. The van der Waals surface area contributed by atoms with Gasteiger partial charge in [-0.05, 0) is 59.7 Å². The van der Waals surface area contributed by atoms with Gasteiger partial charge in [0.1, 0.15) is 0 Å². The van der Waals surface area contributed by atoms with Crippen LogP contribution in [0.1, 0.15) is 22.3 Å². The van der Waals surface area contributed by atoms with Crippen molar-refractivity contribution in [3.63, 3.8) is 0 Å². The van der Waals surface area contributed by atoms with Crippen LogP contribution in [-0.4, -0.2) is 0 Å². The lowest BCUT2D eigenvalue weighted by Gasteiger charge is -2.10. The monoisotopic (exact) mass is 209 g/mol. The number of hydrogen-bond acceptors (Lipinski definition) is 1. The molecule has 0 unspecified atom stereocenters. The van der Waals surface area contributed by atoms with Gasteiger partial charge < -0.3 is 5.73 Å². The highest BCUT2D eigenvalue weighted by molar-refractivity contribution is 5.81. The lowest BCUT2D eigenvalue weighted by atomic mass is 9.97. The molecule has 0 radical (unpaired) electrons. The van der Waals surface area contributed by atoms with Crippen molar-refractivity contribution in [3.05, 3.63) is 52.6 Å². The van der Waals surface area contributed by atoms with E-state index >= 15 is 0 Å². The molecule has 0 saturated carbocycles. The number of aryl methyl sites for hydroxylation is 1. The Kier molecular flexibility index (Phi) is 1.84. The number of benzene rings is 2. The summed E-state index contributed by atoms with van der Waals surface area (Å²) in [4.78, 5) is 0. The second-order valence-electron chi connectivity index (χ2n) is 4.59. The average Bonchev–Trinajstić information content (AvgIpc) is 2.65. The molecule has 80 valence electrons. The summed E-state index contributed by atoms with van der Waals surface area (Å²) in [6.07, 6.45) is 1.03. The third-order valence-electron chi connectivity index (χ3n) is 3.64. The van der Waals surface area contributed by atoms with Crippen LogP contribution in [0.25, 0.3) is 11.1 Å². The molecule has 0 bridgehead atoms. The van der Waals surface area contributed by atoms with Crippen LogP contribution in [0.3, 0.4) is 0 Å². The van der Waals surface area contributed by atoms with Gasteiger partial charge in [0.25, 0.3) is 0 Å². The van der Waals surface area contributed by atoms with Crippen LogP contribution >= 0.6 is 0 Å². The fourth-order valence-corrected chi connectivity index (χ4v) is 2.64. The Balaban J connectivity index is 2.34. The first-order valence-corrected chi connectivity index (χ1v) is 5.65. The van der Waals surface area contributed by atoms with Gasteiger partial charge in [0.05, 0.1) is 0 Å². The van der Waals surface area contributed by atoms with Crippen LogP contribution < -0.4 is 5.73 Å². The van der Waals surface area contributed by atoms with E-state index in [-0.39, 0.29) is 0 Å². The Morgan fingerprint density at radius 1 is 1.06 bits per heavy atom. The van der Waals surface area contributed by atoms with Crippen molar-refractivity contribution in [1.82, 2.24) is 0 Å². The molecule has 0 aliphatic heterocycles. The van der Waals surface area contributed by atoms with Gasteiger partial charge in [0.15, 0.2) is 0 Å². The Labute approximate surface area is 95.9 Å². The number of nitrogen functional groups attached to an aromatic ring is 1. The molecule has 2 N–H and O–H groups in total. The first kappa shape index (κ1) is 9.46. The van der Waals surface area contributed by atoms with E-state index in [0.29, 0.717) is 0 Å². The highest BCUT2D eigenvalue weighted by atomic mass is 14.6. The number of hydrogen-bond donors (Lipinski definition) is 1. The minimum atomic E-state index is 0.951. The molecule has 0 spiro atoms. The van der Waals surface area contributed by atoms with Crippen molar-refractivity contribution in [2.24, 2.45) is 0 Å². The zero-order valence-corrected chi connectivity index (χ0v) is 9.67. The summed E-state index contributed by atoms with van der Waals surface area (Å²) >= 11 is 0. The summed E-state index contributed by atoms with van der Waals surface area (Å²) in [7, 11) is 0. The van der Waals surface area contributed by atoms with E-state index in [4.69, 9.17) is 5.73 Å². The van der Waals surface area contributed by atoms with E-state index in [1.165, 1.54) is 33.4 Å². The maximum Gasteiger partial charge on any atom is 0.0376 e. The Hall–Kier alpha value is -1.76. The van der Waals surface area contributed by atoms with E-state index < -0.39 is 0 Å². The average molecular weight is 209 g/mol. The number of rotatable bonds is 0. The summed E-state index contributed by atoms with van der Waals surface area (Å²) in [5.74, 6) is 0. The van der Waals surface area contributed by atoms with Crippen molar-refractivity contribution < 1.29 is 0 Å². The second-order valence-corrected chi connectivity index (χ2v) is 4.59. The molecule has 0 aromatic heterocycles.